The molecule has 1 atom stereocenters. The summed E-state index contributed by atoms with van der Waals surface area (Å²) in [6, 6.07) is 0. The second-order valence-electron chi connectivity index (χ2n) is 3.84. The van der Waals surface area contributed by atoms with Crippen molar-refractivity contribution in [2.75, 3.05) is 18.0 Å². The SMILES string of the molecule is Cc1nnc(N2CCCC(C(=N)N)C2)s1. The van der Waals surface area contributed by atoms with Gasteiger partial charge < -0.3 is 10.6 Å². The third-order valence-corrected chi connectivity index (χ3v) is 3.55. The van der Waals surface area contributed by atoms with E-state index in [0.717, 1.165) is 36.1 Å². The molecule has 1 aliphatic heterocycles. The van der Waals surface area contributed by atoms with Gasteiger partial charge in [-0.15, -0.1) is 10.2 Å². The van der Waals surface area contributed by atoms with Gasteiger partial charge in [0.2, 0.25) is 5.13 Å². The largest absolute Gasteiger partial charge is 0.387 e. The molecule has 15 heavy (non-hydrogen) atoms. The third kappa shape index (κ3) is 2.26. The fraction of sp³-hybridized carbons (Fsp3) is 0.667. The van der Waals surface area contributed by atoms with Gasteiger partial charge in [0.1, 0.15) is 5.01 Å². The van der Waals surface area contributed by atoms with Crippen LogP contribution in [0.1, 0.15) is 17.8 Å². The number of nitrogens with one attached hydrogen (secondary N) is 1. The molecule has 0 radical (unpaired) electrons. The Balaban J connectivity index is 2.07. The fourth-order valence-corrected chi connectivity index (χ4v) is 2.54. The Labute approximate surface area is 92.8 Å². The first-order valence-corrected chi connectivity index (χ1v) is 5.87. The van der Waals surface area contributed by atoms with Crippen molar-refractivity contribution in [2.45, 2.75) is 19.8 Å². The molecular formula is C9H15N5S. The number of nitrogens with two attached hydrogens (primary N) is 1. The predicted octanol–water partition coefficient (Wildman–Crippen LogP) is 0.999. The van der Waals surface area contributed by atoms with Crippen molar-refractivity contribution in [3.05, 3.63) is 5.01 Å². The van der Waals surface area contributed by atoms with Crippen LogP contribution in [0.2, 0.25) is 0 Å². The highest BCUT2D eigenvalue weighted by molar-refractivity contribution is 7.15. The quantitative estimate of drug-likeness (QED) is 0.581. The van der Waals surface area contributed by atoms with Gasteiger partial charge in [-0.1, -0.05) is 11.3 Å². The molecule has 2 rings (SSSR count). The zero-order valence-corrected chi connectivity index (χ0v) is 9.55. The highest BCUT2D eigenvalue weighted by atomic mass is 32.1. The molecule has 1 fully saturated rings. The second-order valence-corrected chi connectivity index (χ2v) is 5.00. The summed E-state index contributed by atoms with van der Waals surface area (Å²) in [6.07, 6.45) is 2.09. The molecule has 82 valence electrons. The van der Waals surface area contributed by atoms with Gasteiger partial charge in [0.15, 0.2) is 0 Å². The fourth-order valence-electron chi connectivity index (χ4n) is 1.82. The van der Waals surface area contributed by atoms with Gasteiger partial charge >= 0.3 is 0 Å². The molecule has 0 spiro atoms. The molecule has 3 N–H and O–H groups in total. The number of hydrogen-bond donors (Lipinski definition) is 2. The molecule has 1 aromatic rings. The number of nitrogens with zero attached hydrogens (tertiary/aromatic N) is 3. The van der Waals surface area contributed by atoms with Crippen LogP contribution in [0.3, 0.4) is 0 Å². The van der Waals surface area contributed by atoms with Gasteiger partial charge in [0, 0.05) is 19.0 Å². The minimum atomic E-state index is 0.183. The molecule has 1 aromatic heterocycles. The Bertz CT molecular complexity index is 361. The minimum absolute atomic E-state index is 0.183. The Morgan fingerprint density at radius 1 is 1.60 bits per heavy atom. The maximum absolute atomic E-state index is 7.46. The number of piperidine rings is 1. The lowest BCUT2D eigenvalue weighted by Crippen LogP contribution is -2.40. The first-order chi connectivity index (χ1) is 7.16. The van der Waals surface area contributed by atoms with E-state index >= 15 is 0 Å². The number of hydrogen-bond acceptors (Lipinski definition) is 5. The summed E-state index contributed by atoms with van der Waals surface area (Å²) in [5.41, 5.74) is 5.54. The van der Waals surface area contributed by atoms with Crippen molar-refractivity contribution >= 4 is 22.3 Å². The van der Waals surface area contributed by atoms with Crippen molar-refractivity contribution in [1.29, 1.82) is 5.41 Å². The molecule has 0 bridgehead atoms. The van der Waals surface area contributed by atoms with Crippen LogP contribution in [0.5, 0.6) is 0 Å². The highest BCUT2D eigenvalue weighted by Gasteiger charge is 2.23. The first-order valence-electron chi connectivity index (χ1n) is 5.06. The maximum atomic E-state index is 7.46. The van der Waals surface area contributed by atoms with Gasteiger partial charge in [-0.05, 0) is 19.8 Å². The lowest BCUT2D eigenvalue weighted by atomic mass is 9.97. The van der Waals surface area contributed by atoms with Gasteiger partial charge in [-0.25, -0.2) is 0 Å². The minimum Gasteiger partial charge on any atom is -0.387 e. The van der Waals surface area contributed by atoms with E-state index in [2.05, 4.69) is 15.1 Å². The van der Waals surface area contributed by atoms with Crippen LogP contribution in [0.15, 0.2) is 0 Å². The average molecular weight is 225 g/mol. The van der Waals surface area contributed by atoms with Crippen molar-refractivity contribution in [3.63, 3.8) is 0 Å². The lowest BCUT2D eigenvalue weighted by Gasteiger charge is -2.31. The summed E-state index contributed by atoms with van der Waals surface area (Å²) < 4.78 is 0. The van der Waals surface area contributed by atoms with E-state index in [9.17, 15) is 0 Å². The Hall–Kier alpha value is -1.17. The van der Waals surface area contributed by atoms with Gasteiger partial charge in [0.05, 0.1) is 5.84 Å². The van der Waals surface area contributed by atoms with E-state index < -0.39 is 0 Å². The van der Waals surface area contributed by atoms with E-state index in [-0.39, 0.29) is 5.92 Å². The Morgan fingerprint density at radius 2 is 2.40 bits per heavy atom. The van der Waals surface area contributed by atoms with E-state index in [1.165, 1.54) is 0 Å². The smallest absolute Gasteiger partial charge is 0.208 e. The molecule has 0 aliphatic carbocycles. The van der Waals surface area contributed by atoms with E-state index in [1.807, 2.05) is 6.92 Å². The topological polar surface area (TPSA) is 78.9 Å². The summed E-state index contributed by atoms with van der Waals surface area (Å²) in [4.78, 5) is 2.18. The van der Waals surface area contributed by atoms with Crippen LogP contribution in [-0.2, 0) is 0 Å². The van der Waals surface area contributed by atoms with Crippen molar-refractivity contribution in [3.8, 4) is 0 Å². The first kappa shape index (κ1) is 10.4. The summed E-state index contributed by atoms with van der Waals surface area (Å²) in [7, 11) is 0. The maximum Gasteiger partial charge on any atom is 0.208 e. The van der Waals surface area contributed by atoms with E-state index in [1.54, 1.807) is 11.3 Å². The molecule has 1 saturated heterocycles. The summed E-state index contributed by atoms with van der Waals surface area (Å²) >= 11 is 1.60. The van der Waals surface area contributed by atoms with Gasteiger partial charge in [0.25, 0.3) is 0 Å². The average Bonchev–Trinajstić information content (AvgIpc) is 2.65. The Kier molecular flexibility index (Phi) is 2.86. The lowest BCUT2D eigenvalue weighted by molar-refractivity contribution is 0.502. The zero-order chi connectivity index (χ0) is 10.8. The van der Waals surface area contributed by atoms with Gasteiger partial charge in [-0.2, -0.15) is 0 Å². The third-order valence-electron chi connectivity index (χ3n) is 2.65. The number of rotatable bonds is 2. The summed E-state index contributed by atoms with van der Waals surface area (Å²) in [5.74, 6) is 0.476. The van der Waals surface area contributed by atoms with Crippen molar-refractivity contribution in [1.82, 2.24) is 10.2 Å². The number of aryl methyl sites for hydroxylation is 1. The van der Waals surface area contributed by atoms with Crippen LogP contribution in [0, 0.1) is 18.3 Å². The Morgan fingerprint density at radius 3 is 3.00 bits per heavy atom. The molecule has 5 nitrogen and oxygen atoms in total. The summed E-state index contributed by atoms with van der Waals surface area (Å²) in [5, 5.41) is 17.5. The van der Waals surface area contributed by atoms with Crippen LogP contribution in [0.25, 0.3) is 0 Å². The number of aromatic nitrogens is 2. The molecule has 0 saturated carbocycles. The molecule has 0 aromatic carbocycles. The summed E-state index contributed by atoms with van der Waals surface area (Å²) in [6.45, 7) is 3.76. The number of anilines is 1. The molecule has 0 amide bonds. The van der Waals surface area contributed by atoms with Crippen molar-refractivity contribution in [2.24, 2.45) is 11.7 Å². The number of amidine groups is 1. The van der Waals surface area contributed by atoms with Crippen LogP contribution in [0.4, 0.5) is 5.13 Å². The molecule has 1 unspecified atom stereocenters. The second kappa shape index (κ2) is 4.14. The standard InChI is InChI=1S/C9H15N5S/c1-6-12-13-9(15-6)14-4-2-3-7(5-14)8(10)11/h7H,2-5H2,1H3,(H3,10,11). The van der Waals surface area contributed by atoms with Crippen molar-refractivity contribution < 1.29 is 0 Å². The molecule has 6 heteroatoms. The van der Waals surface area contributed by atoms with E-state index in [4.69, 9.17) is 11.1 Å². The monoisotopic (exact) mass is 225 g/mol. The molecular weight excluding hydrogens is 210 g/mol. The van der Waals surface area contributed by atoms with Crippen LogP contribution < -0.4 is 10.6 Å². The molecule has 2 heterocycles. The zero-order valence-electron chi connectivity index (χ0n) is 8.73. The van der Waals surface area contributed by atoms with E-state index in [0.29, 0.717) is 5.84 Å². The molecule has 1 aliphatic rings. The van der Waals surface area contributed by atoms with Crippen LogP contribution in [-0.4, -0.2) is 29.1 Å². The normalized spacial score (nSPS) is 21.7. The predicted molar refractivity (Wildman–Crippen MR) is 61.5 cm³/mol. The van der Waals surface area contributed by atoms with Gasteiger partial charge in [-0.3, -0.25) is 5.41 Å². The van der Waals surface area contributed by atoms with Crippen LogP contribution >= 0.6 is 11.3 Å². The highest BCUT2D eigenvalue weighted by Crippen LogP contribution is 2.25.